The largest absolute Gasteiger partial charge is 0.491 e. The molecular weight excluding hydrogens is 598 g/mol. The van der Waals surface area contributed by atoms with Gasteiger partial charge in [0.2, 0.25) is 0 Å². The number of amides is 3. The van der Waals surface area contributed by atoms with Gasteiger partial charge in [-0.05, 0) is 60.2 Å². The van der Waals surface area contributed by atoms with E-state index in [1.165, 1.54) is 0 Å². The quantitative estimate of drug-likeness (QED) is 0.236. The van der Waals surface area contributed by atoms with Gasteiger partial charge in [0, 0.05) is 5.56 Å². The molecule has 0 bridgehead atoms. The van der Waals surface area contributed by atoms with Crippen molar-refractivity contribution in [1.82, 2.24) is 10.2 Å². The highest BCUT2D eigenvalue weighted by Crippen LogP contribution is 2.51. The molecule has 2 heterocycles. The normalized spacial score (nSPS) is 18.9. The van der Waals surface area contributed by atoms with Gasteiger partial charge in [-0.15, -0.1) is 0 Å². The highest BCUT2D eigenvalue weighted by atomic mass is 19.4. The van der Waals surface area contributed by atoms with Gasteiger partial charge in [0.15, 0.2) is 11.5 Å². The number of nitrogens with zero attached hydrogens (tertiary/aromatic N) is 1. The third-order valence-corrected chi connectivity index (χ3v) is 7.82. The van der Waals surface area contributed by atoms with Gasteiger partial charge in [0.25, 0.3) is 11.5 Å². The molecule has 0 spiro atoms. The van der Waals surface area contributed by atoms with Crippen LogP contribution in [0.2, 0.25) is 0 Å². The number of nitrogens with one attached hydrogen (secondary N) is 1. The van der Waals surface area contributed by atoms with Gasteiger partial charge >= 0.3 is 18.4 Å². The third kappa shape index (κ3) is 5.75. The van der Waals surface area contributed by atoms with Crippen molar-refractivity contribution in [2.45, 2.75) is 76.4 Å². The van der Waals surface area contributed by atoms with Crippen molar-refractivity contribution in [3.63, 3.8) is 0 Å². The van der Waals surface area contributed by atoms with Crippen LogP contribution >= 0.6 is 0 Å². The van der Waals surface area contributed by atoms with Crippen molar-refractivity contribution in [2.75, 3.05) is 26.4 Å². The molecule has 2 aromatic carbocycles. The Bertz CT molecular complexity index is 1350. The number of halogens is 6. The summed E-state index contributed by atoms with van der Waals surface area (Å²) < 4.78 is 99.1. The van der Waals surface area contributed by atoms with Gasteiger partial charge in [-0.2, -0.15) is 26.3 Å². The topological polar surface area (TPSA) is 97.3 Å². The molecule has 2 N–H and O–H groups in total. The number of urea groups is 1. The van der Waals surface area contributed by atoms with Crippen molar-refractivity contribution in [3.05, 3.63) is 52.6 Å². The fraction of sp³-hybridized carbons (Fsp3) is 0.533. The number of hydrogen-bond acceptors (Lipinski definition) is 6. The van der Waals surface area contributed by atoms with E-state index in [-0.39, 0.29) is 49.3 Å². The number of aryl methyl sites for hydroxylation is 2. The number of carbonyl (C=O) groups excluding carboxylic acids is 2. The molecule has 2 aliphatic heterocycles. The summed E-state index contributed by atoms with van der Waals surface area (Å²) in [4.78, 5) is 27.6. The molecule has 4 rings (SSSR count). The smallest absolute Gasteiger partial charge is 0.430 e. The van der Waals surface area contributed by atoms with Gasteiger partial charge in [-0.25, -0.2) is 4.79 Å². The van der Waals surface area contributed by atoms with E-state index in [1.807, 2.05) is 0 Å². The van der Waals surface area contributed by atoms with E-state index in [2.05, 4.69) is 5.32 Å². The molecule has 14 heteroatoms. The third-order valence-electron chi connectivity index (χ3n) is 7.82. The Hall–Kier alpha value is -3.68. The number of fused-ring (bicyclic) bond motifs is 1. The van der Waals surface area contributed by atoms with Gasteiger partial charge in [0.1, 0.15) is 31.1 Å². The molecule has 0 aromatic heterocycles. The Kier molecular flexibility index (Phi) is 9.34. The minimum atomic E-state index is -6.03. The lowest BCUT2D eigenvalue weighted by molar-refractivity contribution is -0.376. The summed E-state index contributed by atoms with van der Waals surface area (Å²) in [5.41, 5.74) is -7.26. The summed E-state index contributed by atoms with van der Waals surface area (Å²) in [6.45, 7) is 5.28. The van der Waals surface area contributed by atoms with Crippen LogP contribution in [0.3, 0.4) is 0 Å². The molecule has 1 atom stereocenters. The molecule has 1 saturated heterocycles. The predicted molar refractivity (Wildman–Crippen MR) is 146 cm³/mol. The van der Waals surface area contributed by atoms with Crippen LogP contribution in [0.4, 0.5) is 31.1 Å². The number of imide groups is 1. The van der Waals surface area contributed by atoms with Gasteiger partial charge in [0.05, 0.1) is 6.54 Å². The number of benzene rings is 2. The molecule has 1 unspecified atom stereocenters. The maximum absolute atomic E-state index is 13.7. The van der Waals surface area contributed by atoms with Crippen LogP contribution in [0.1, 0.15) is 62.3 Å². The molecule has 8 nitrogen and oxygen atoms in total. The molecule has 0 saturated carbocycles. The fourth-order valence-corrected chi connectivity index (χ4v) is 5.56. The Morgan fingerprint density at radius 3 is 2.00 bits per heavy atom. The minimum Gasteiger partial charge on any atom is -0.491 e. The Morgan fingerprint density at radius 1 is 0.909 bits per heavy atom. The van der Waals surface area contributed by atoms with E-state index < -0.39 is 41.0 Å². The molecule has 44 heavy (non-hydrogen) atoms. The van der Waals surface area contributed by atoms with E-state index in [0.29, 0.717) is 55.3 Å². The summed E-state index contributed by atoms with van der Waals surface area (Å²) >= 11 is 0. The second-order valence-corrected chi connectivity index (χ2v) is 10.7. The zero-order chi connectivity index (χ0) is 32.5. The monoisotopic (exact) mass is 632 g/mol. The second-order valence-electron chi connectivity index (χ2n) is 10.7. The van der Waals surface area contributed by atoms with E-state index in [9.17, 15) is 41.0 Å². The SMILES string of the molecule is CCCc1cc(C(O)(C(F)(F)F)C(F)(F)F)cc(CCC)c1OCCN1C(=O)NC(CC)(c2ccc3c(c2)OCCO3)C1=O. The Morgan fingerprint density at radius 2 is 1.48 bits per heavy atom. The van der Waals surface area contributed by atoms with Crippen LogP contribution in [0, 0.1) is 0 Å². The average Bonchev–Trinajstić information content (AvgIpc) is 3.21. The highest BCUT2D eigenvalue weighted by Gasteiger charge is 2.71. The number of carbonyl (C=O) groups is 2. The molecule has 0 aliphatic carbocycles. The molecule has 242 valence electrons. The van der Waals surface area contributed by atoms with Gasteiger partial charge in [-0.3, -0.25) is 9.69 Å². The lowest BCUT2D eigenvalue weighted by atomic mass is 9.87. The molecule has 3 amide bonds. The van der Waals surface area contributed by atoms with Crippen molar-refractivity contribution in [1.29, 1.82) is 0 Å². The van der Waals surface area contributed by atoms with E-state index in [1.54, 1.807) is 39.0 Å². The first-order valence-electron chi connectivity index (χ1n) is 14.3. The summed E-state index contributed by atoms with van der Waals surface area (Å²) in [6.07, 6.45) is -11.1. The fourth-order valence-electron chi connectivity index (χ4n) is 5.56. The molecule has 1 fully saturated rings. The van der Waals surface area contributed by atoms with Crippen molar-refractivity contribution < 1.29 is 55.2 Å². The zero-order valence-electron chi connectivity index (χ0n) is 24.5. The first-order chi connectivity index (χ1) is 20.6. The van der Waals surface area contributed by atoms with Crippen LogP contribution in [0.25, 0.3) is 0 Å². The van der Waals surface area contributed by atoms with Crippen molar-refractivity contribution in [3.8, 4) is 17.2 Å². The van der Waals surface area contributed by atoms with Crippen LogP contribution in [0.5, 0.6) is 17.2 Å². The van der Waals surface area contributed by atoms with Crippen LogP contribution < -0.4 is 19.5 Å². The van der Waals surface area contributed by atoms with Crippen LogP contribution in [0.15, 0.2) is 30.3 Å². The Labute approximate surface area is 250 Å². The maximum atomic E-state index is 13.7. The summed E-state index contributed by atoms with van der Waals surface area (Å²) in [6, 6.07) is 5.59. The standard InChI is InChI=1S/C30H34F6N2O6/c1-4-7-18-15-21(28(41,29(31,32)33)30(34,35)36)16-19(8-5-2)24(18)44-12-11-38-25(39)27(6-3,37-26(38)40)20-9-10-22-23(17-20)43-14-13-42-22/h9-10,15-17,41H,4-8,11-14H2,1-3H3,(H,37,40). The molecule has 0 radical (unpaired) electrons. The lowest BCUT2D eigenvalue weighted by Crippen LogP contribution is -2.54. The molecular formula is C30H34F6N2O6. The van der Waals surface area contributed by atoms with Crippen LogP contribution in [-0.4, -0.2) is 60.7 Å². The van der Waals surface area contributed by atoms with E-state index in [0.717, 1.165) is 4.90 Å². The highest BCUT2D eigenvalue weighted by molar-refractivity contribution is 6.07. The number of hydrogen-bond donors (Lipinski definition) is 2. The van der Waals surface area contributed by atoms with Gasteiger partial charge < -0.3 is 24.6 Å². The number of ether oxygens (including phenoxy) is 3. The molecule has 2 aliphatic rings. The lowest BCUT2D eigenvalue weighted by Gasteiger charge is -2.33. The zero-order valence-corrected chi connectivity index (χ0v) is 24.5. The maximum Gasteiger partial charge on any atom is 0.430 e. The van der Waals surface area contributed by atoms with Crippen molar-refractivity contribution in [2.24, 2.45) is 0 Å². The number of aliphatic hydroxyl groups is 1. The Balaban J connectivity index is 1.61. The average molecular weight is 633 g/mol. The first-order valence-corrected chi connectivity index (χ1v) is 14.3. The van der Waals surface area contributed by atoms with E-state index >= 15 is 0 Å². The second kappa shape index (κ2) is 12.4. The number of rotatable bonds is 11. The number of alkyl halides is 6. The minimum absolute atomic E-state index is 0.0387. The van der Waals surface area contributed by atoms with Gasteiger partial charge in [-0.1, -0.05) is 39.7 Å². The summed E-state index contributed by atoms with van der Waals surface area (Å²) in [7, 11) is 0. The van der Waals surface area contributed by atoms with Crippen molar-refractivity contribution >= 4 is 11.9 Å². The predicted octanol–water partition coefficient (Wildman–Crippen LogP) is 5.91. The molecule has 2 aromatic rings. The summed E-state index contributed by atoms with van der Waals surface area (Å²) in [5.74, 6) is 0.450. The van der Waals surface area contributed by atoms with Crippen LogP contribution in [-0.2, 0) is 28.8 Å². The first kappa shape index (κ1) is 33.2. The van der Waals surface area contributed by atoms with E-state index in [4.69, 9.17) is 14.2 Å². The summed E-state index contributed by atoms with van der Waals surface area (Å²) in [5, 5.41) is 12.8.